The van der Waals surface area contributed by atoms with Crippen LogP contribution in [0.3, 0.4) is 0 Å². The molecule has 9 aromatic rings. The van der Waals surface area contributed by atoms with E-state index in [0.29, 0.717) is 0 Å². The molecule has 7 aromatic carbocycles. The largest absolute Gasteiger partial charge is 0.399 e. The molecule has 0 radical (unpaired) electrons. The molecule has 45 heavy (non-hydrogen) atoms. The van der Waals surface area contributed by atoms with Crippen LogP contribution in [0.5, 0.6) is 0 Å². The van der Waals surface area contributed by atoms with Gasteiger partial charge in [0.15, 0.2) is 0 Å². The van der Waals surface area contributed by atoms with Gasteiger partial charge in [-0.2, -0.15) is 0 Å². The first kappa shape index (κ1) is 25.4. The number of hydrogen-bond acceptors (Lipinski definition) is 1. The molecular formula is C42H29N3. The van der Waals surface area contributed by atoms with Crippen LogP contribution in [0.15, 0.2) is 164 Å². The lowest BCUT2D eigenvalue weighted by atomic mass is 9.94. The monoisotopic (exact) mass is 575 g/mol. The fourth-order valence-corrected chi connectivity index (χ4v) is 7.11. The maximum atomic E-state index is 6.63. The molecule has 2 N–H and O–H groups in total. The van der Waals surface area contributed by atoms with Crippen molar-refractivity contribution in [2.45, 2.75) is 0 Å². The van der Waals surface area contributed by atoms with Gasteiger partial charge in [-0.05, 0) is 59.7 Å². The number of nitrogens with two attached hydrogens (primary N) is 1. The Morgan fingerprint density at radius 1 is 0.356 bits per heavy atom. The Balaban J connectivity index is 1.40. The van der Waals surface area contributed by atoms with Crippen LogP contribution in [-0.4, -0.2) is 9.13 Å². The van der Waals surface area contributed by atoms with Crippen LogP contribution in [0.4, 0.5) is 5.69 Å². The van der Waals surface area contributed by atoms with Crippen LogP contribution in [0.2, 0.25) is 0 Å². The highest BCUT2D eigenvalue weighted by Gasteiger charge is 2.21. The molecule has 0 saturated carbocycles. The van der Waals surface area contributed by atoms with Crippen LogP contribution >= 0.6 is 0 Å². The second-order valence-corrected chi connectivity index (χ2v) is 11.6. The van der Waals surface area contributed by atoms with Gasteiger partial charge in [-0.15, -0.1) is 0 Å². The number of hydrogen-bond donors (Lipinski definition) is 1. The van der Waals surface area contributed by atoms with Crippen molar-refractivity contribution in [1.29, 1.82) is 0 Å². The Morgan fingerprint density at radius 2 is 0.778 bits per heavy atom. The fraction of sp³-hybridized carbons (Fsp3) is 0. The van der Waals surface area contributed by atoms with Gasteiger partial charge in [0.25, 0.3) is 0 Å². The molecule has 0 amide bonds. The van der Waals surface area contributed by atoms with Crippen molar-refractivity contribution in [2.75, 3.05) is 5.73 Å². The Bertz CT molecular complexity index is 2420. The lowest BCUT2D eigenvalue weighted by Crippen LogP contribution is -2.02. The first-order valence-corrected chi connectivity index (χ1v) is 15.3. The number of nitrogen functional groups attached to an aromatic ring is 1. The molecule has 9 rings (SSSR count). The van der Waals surface area contributed by atoms with Crippen molar-refractivity contribution in [1.82, 2.24) is 9.13 Å². The summed E-state index contributed by atoms with van der Waals surface area (Å²) in [7, 11) is 0. The first-order valence-electron chi connectivity index (χ1n) is 15.3. The lowest BCUT2D eigenvalue weighted by Gasteiger charge is -2.20. The van der Waals surface area contributed by atoms with E-state index in [-0.39, 0.29) is 0 Å². The van der Waals surface area contributed by atoms with Crippen molar-refractivity contribution in [2.24, 2.45) is 0 Å². The molecule has 0 aliphatic rings. The number of fused-ring (bicyclic) bond motifs is 6. The Hall–Kier alpha value is -6.06. The van der Waals surface area contributed by atoms with E-state index in [4.69, 9.17) is 5.73 Å². The summed E-state index contributed by atoms with van der Waals surface area (Å²) in [5.74, 6) is 0. The van der Waals surface area contributed by atoms with E-state index in [1.165, 1.54) is 32.6 Å². The molecule has 0 spiro atoms. The quantitative estimate of drug-likeness (QED) is 0.208. The number of para-hydroxylation sites is 3. The predicted octanol–water partition coefficient (Wildman–Crippen LogP) is 10.8. The summed E-state index contributed by atoms with van der Waals surface area (Å²) >= 11 is 0. The molecule has 3 nitrogen and oxygen atoms in total. The summed E-state index contributed by atoms with van der Waals surface area (Å²) in [5.41, 5.74) is 18.8. The highest BCUT2D eigenvalue weighted by Crippen LogP contribution is 2.43. The van der Waals surface area contributed by atoms with Crippen LogP contribution in [0, 0.1) is 0 Å². The number of rotatable bonds is 4. The van der Waals surface area contributed by atoms with E-state index in [1.807, 2.05) is 0 Å². The van der Waals surface area contributed by atoms with E-state index in [1.54, 1.807) is 0 Å². The van der Waals surface area contributed by atoms with Gasteiger partial charge in [-0.1, -0.05) is 115 Å². The normalized spacial score (nSPS) is 11.6. The minimum atomic E-state index is 0.742. The van der Waals surface area contributed by atoms with Gasteiger partial charge in [0.1, 0.15) is 0 Å². The lowest BCUT2D eigenvalue weighted by molar-refractivity contribution is 1.17. The SMILES string of the molecule is Nc1cc(-c2ccccc2)c(-n2c3ccccc3c3cc(-n4c5ccccc5c5ccccc54)ccc32)c(-c2ccccc2)c1. The van der Waals surface area contributed by atoms with Gasteiger partial charge in [-0.25, -0.2) is 0 Å². The van der Waals surface area contributed by atoms with E-state index >= 15 is 0 Å². The molecule has 0 unspecified atom stereocenters. The van der Waals surface area contributed by atoms with Gasteiger partial charge >= 0.3 is 0 Å². The molecule has 0 saturated heterocycles. The van der Waals surface area contributed by atoms with Crippen molar-refractivity contribution < 1.29 is 0 Å². The number of nitrogens with zero attached hydrogens (tertiary/aromatic N) is 2. The summed E-state index contributed by atoms with van der Waals surface area (Å²) in [4.78, 5) is 0. The van der Waals surface area contributed by atoms with Gasteiger partial charge in [0.2, 0.25) is 0 Å². The smallest absolute Gasteiger partial charge is 0.0620 e. The second kappa shape index (κ2) is 10.0. The topological polar surface area (TPSA) is 35.9 Å². The van der Waals surface area contributed by atoms with E-state index in [9.17, 15) is 0 Å². The minimum Gasteiger partial charge on any atom is -0.399 e. The number of benzene rings is 7. The molecule has 2 aromatic heterocycles. The Morgan fingerprint density at radius 3 is 1.31 bits per heavy atom. The highest BCUT2D eigenvalue weighted by molar-refractivity contribution is 6.13. The molecule has 2 heterocycles. The van der Waals surface area contributed by atoms with Crippen LogP contribution < -0.4 is 5.73 Å². The van der Waals surface area contributed by atoms with Crippen molar-refractivity contribution in [3.05, 3.63) is 164 Å². The minimum absolute atomic E-state index is 0.742. The maximum Gasteiger partial charge on any atom is 0.0620 e. The van der Waals surface area contributed by atoms with Gasteiger partial charge in [0, 0.05) is 44.0 Å². The zero-order chi connectivity index (χ0) is 29.9. The van der Waals surface area contributed by atoms with Crippen LogP contribution in [-0.2, 0) is 0 Å². The first-order chi connectivity index (χ1) is 22.3. The van der Waals surface area contributed by atoms with Crippen molar-refractivity contribution in [3.8, 4) is 33.6 Å². The summed E-state index contributed by atoms with van der Waals surface area (Å²) in [6.07, 6.45) is 0. The van der Waals surface area contributed by atoms with E-state index in [0.717, 1.165) is 50.3 Å². The Labute approximate surface area is 261 Å². The summed E-state index contributed by atoms with van der Waals surface area (Å²) in [6.45, 7) is 0. The zero-order valence-corrected chi connectivity index (χ0v) is 24.6. The third kappa shape index (κ3) is 3.91. The third-order valence-corrected chi connectivity index (χ3v) is 9.02. The highest BCUT2D eigenvalue weighted by atomic mass is 15.0. The van der Waals surface area contributed by atoms with Gasteiger partial charge in [0.05, 0.1) is 27.8 Å². The second-order valence-electron chi connectivity index (χ2n) is 11.6. The van der Waals surface area contributed by atoms with E-state index < -0.39 is 0 Å². The average Bonchev–Trinajstić information content (AvgIpc) is 3.61. The summed E-state index contributed by atoms with van der Waals surface area (Å²) in [6, 6.07) is 58.4. The molecule has 0 aliphatic heterocycles. The van der Waals surface area contributed by atoms with Gasteiger partial charge < -0.3 is 14.9 Å². The predicted molar refractivity (Wildman–Crippen MR) is 190 cm³/mol. The number of anilines is 1. The zero-order valence-electron chi connectivity index (χ0n) is 24.6. The maximum absolute atomic E-state index is 6.63. The van der Waals surface area contributed by atoms with Crippen molar-refractivity contribution in [3.63, 3.8) is 0 Å². The molecule has 0 bridgehead atoms. The standard InChI is InChI=1S/C42H29N3/c43-30-25-35(28-13-3-1-4-14-28)42(36(26-30)29-15-5-2-6-16-29)45-40-22-12-9-19-34(40)37-27-31(23-24-41(37)45)44-38-20-10-7-17-32(38)33-18-8-11-21-39(33)44/h1-27H,43H2. The van der Waals surface area contributed by atoms with Crippen LogP contribution in [0.25, 0.3) is 77.2 Å². The average molecular weight is 576 g/mol. The number of aromatic nitrogens is 2. The molecule has 3 heteroatoms. The molecule has 0 atom stereocenters. The summed E-state index contributed by atoms with van der Waals surface area (Å²) < 4.78 is 4.83. The third-order valence-electron chi connectivity index (χ3n) is 9.02. The van der Waals surface area contributed by atoms with Crippen LogP contribution in [0.1, 0.15) is 0 Å². The Kier molecular flexibility index (Phi) is 5.66. The van der Waals surface area contributed by atoms with Crippen molar-refractivity contribution >= 4 is 49.3 Å². The summed E-state index contributed by atoms with van der Waals surface area (Å²) in [5, 5.41) is 4.94. The molecule has 0 aliphatic carbocycles. The fourth-order valence-electron chi connectivity index (χ4n) is 7.11. The van der Waals surface area contributed by atoms with Gasteiger partial charge in [-0.3, -0.25) is 0 Å². The molecular weight excluding hydrogens is 546 g/mol. The molecule has 0 fully saturated rings. The van der Waals surface area contributed by atoms with E-state index in [2.05, 4.69) is 173 Å². The molecule has 212 valence electrons.